The number of rotatable bonds is 8. The van der Waals surface area contributed by atoms with Crippen molar-refractivity contribution in [2.45, 2.75) is 13.3 Å². The zero-order valence-corrected chi connectivity index (χ0v) is 13.5. The maximum absolute atomic E-state index is 12.5. The van der Waals surface area contributed by atoms with Crippen LogP contribution in [0.4, 0.5) is 0 Å². The van der Waals surface area contributed by atoms with Crippen LogP contribution in [-0.2, 0) is 14.3 Å². The van der Waals surface area contributed by atoms with Crippen molar-refractivity contribution in [3.63, 3.8) is 0 Å². The zero-order chi connectivity index (χ0) is 16.5. The molecule has 0 N–H and O–H groups in total. The molecule has 7 heteroatoms. The summed E-state index contributed by atoms with van der Waals surface area (Å²) in [6, 6.07) is 3.31. The number of ether oxygens (including phenoxy) is 2. The molecule has 0 saturated carbocycles. The van der Waals surface area contributed by atoms with E-state index in [9.17, 15) is 9.59 Å². The second-order valence-corrected chi connectivity index (χ2v) is 5.28. The highest BCUT2D eigenvalue weighted by atomic mass is 16.5. The Bertz CT molecular complexity index is 483. The fourth-order valence-electron chi connectivity index (χ4n) is 2.42. The Morgan fingerprint density at radius 3 is 2.74 bits per heavy atom. The molecule has 7 nitrogen and oxygen atoms in total. The summed E-state index contributed by atoms with van der Waals surface area (Å²) in [6.45, 7) is 6.88. The summed E-state index contributed by atoms with van der Waals surface area (Å²) in [5, 5.41) is 0. The van der Waals surface area contributed by atoms with Gasteiger partial charge < -0.3 is 18.8 Å². The summed E-state index contributed by atoms with van der Waals surface area (Å²) >= 11 is 0. The van der Waals surface area contributed by atoms with Crippen LogP contribution in [-0.4, -0.2) is 74.2 Å². The summed E-state index contributed by atoms with van der Waals surface area (Å²) < 4.78 is 15.4. The Kier molecular flexibility index (Phi) is 7.09. The molecule has 2 heterocycles. The van der Waals surface area contributed by atoms with Crippen molar-refractivity contribution in [3.05, 3.63) is 24.2 Å². The molecular formula is C16H24N2O5. The van der Waals surface area contributed by atoms with Crippen LogP contribution in [0, 0.1) is 0 Å². The molecule has 0 unspecified atom stereocenters. The number of carbonyl (C=O) groups excluding carboxylic acids is 2. The number of hydrogen-bond donors (Lipinski definition) is 0. The number of nitrogens with zero attached hydrogens (tertiary/aromatic N) is 2. The van der Waals surface area contributed by atoms with E-state index >= 15 is 0 Å². The molecular weight excluding hydrogens is 300 g/mol. The number of morpholine rings is 1. The second-order valence-electron chi connectivity index (χ2n) is 5.28. The van der Waals surface area contributed by atoms with Gasteiger partial charge in [-0.05, 0) is 19.1 Å². The lowest BCUT2D eigenvalue weighted by Gasteiger charge is -2.29. The van der Waals surface area contributed by atoms with Crippen molar-refractivity contribution in [1.82, 2.24) is 9.80 Å². The minimum absolute atomic E-state index is 0.184. The molecule has 128 valence electrons. The predicted octanol–water partition coefficient (Wildman–Crippen LogP) is 1.01. The van der Waals surface area contributed by atoms with E-state index in [1.54, 1.807) is 24.0 Å². The van der Waals surface area contributed by atoms with E-state index in [1.807, 2.05) is 0 Å². The SMILES string of the molecule is CCOC(=O)CCN(CCN1CCOCC1)C(=O)c1ccco1. The molecule has 1 amide bonds. The summed E-state index contributed by atoms with van der Waals surface area (Å²) in [4.78, 5) is 27.9. The molecule has 23 heavy (non-hydrogen) atoms. The highest BCUT2D eigenvalue weighted by Gasteiger charge is 2.21. The van der Waals surface area contributed by atoms with Crippen LogP contribution in [0.25, 0.3) is 0 Å². The Morgan fingerprint density at radius 2 is 2.09 bits per heavy atom. The van der Waals surface area contributed by atoms with E-state index in [0.29, 0.717) is 19.7 Å². The Balaban J connectivity index is 1.90. The van der Waals surface area contributed by atoms with Gasteiger partial charge in [0.15, 0.2) is 5.76 Å². The van der Waals surface area contributed by atoms with Crippen molar-refractivity contribution in [1.29, 1.82) is 0 Å². The maximum atomic E-state index is 12.5. The van der Waals surface area contributed by atoms with Crippen LogP contribution in [0.3, 0.4) is 0 Å². The zero-order valence-electron chi connectivity index (χ0n) is 13.5. The van der Waals surface area contributed by atoms with Gasteiger partial charge in [0.05, 0.1) is 32.5 Å². The van der Waals surface area contributed by atoms with Crippen LogP contribution in [0.15, 0.2) is 22.8 Å². The quantitative estimate of drug-likeness (QED) is 0.665. The number of esters is 1. The van der Waals surface area contributed by atoms with Crippen molar-refractivity contribution in [3.8, 4) is 0 Å². The van der Waals surface area contributed by atoms with Crippen molar-refractivity contribution in [2.75, 3.05) is 52.5 Å². The lowest BCUT2D eigenvalue weighted by atomic mass is 10.3. The monoisotopic (exact) mass is 324 g/mol. The molecule has 0 spiro atoms. The molecule has 1 aliphatic heterocycles. The summed E-state index contributed by atoms with van der Waals surface area (Å²) in [7, 11) is 0. The van der Waals surface area contributed by atoms with Gasteiger partial charge in [-0.15, -0.1) is 0 Å². The Morgan fingerprint density at radius 1 is 1.30 bits per heavy atom. The molecule has 1 fully saturated rings. The lowest BCUT2D eigenvalue weighted by Crippen LogP contribution is -2.43. The standard InChI is InChI=1S/C16H24N2O5/c1-2-22-15(19)5-6-18(16(20)14-4-3-11-23-14)8-7-17-9-12-21-13-10-17/h3-4,11H,2,5-10,12-13H2,1H3. The Hall–Kier alpha value is -1.86. The van der Waals surface area contributed by atoms with Crippen LogP contribution < -0.4 is 0 Å². The van der Waals surface area contributed by atoms with E-state index in [4.69, 9.17) is 13.9 Å². The number of carbonyl (C=O) groups is 2. The molecule has 0 radical (unpaired) electrons. The third-order valence-corrected chi connectivity index (χ3v) is 3.70. The number of furan rings is 1. The molecule has 1 aliphatic rings. The number of amides is 1. The van der Waals surface area contributed by atoms with Crippen molar-refractivity contribution >= 4 is 11.9 Å². The van der Waals surface area contributed by atoms with Gasteiger partial charge in [-0.3, -0.25) is 14.5 Å². The van der Waals surface area contributed by atoms with Crippen LogP contribution in [0.2, 0.25) is 0 Å². The van der Waals surface area contributed by atoms with Crippen molar-refractivity contribution in [2.24, 2.45) is 0 Å². The van der Waals surface area contributed by atoms with Gasteiger partial charge in [0.1, 0.15) is 0 Å². The normalized spacial score (nSPS) is 15.3. The van der Waals surface area contributed by atoms with Crippen molar-refractivity contribution < 1.29 is 23.5 Å². The minimum atomic E-state index is -0.295. The van der Waals surface area contributed by atoms with Gasteiger partial charge >= 0.3 is 5.97 Å². The molecule has 0 atom stereocenters. The lowest BCUT2D eigenvalue weighted by molar-refractivity contribution is -0.143. The molecule has 1 saturated heterocycles. The smallest absolute Gasteiger partial charge is 0.307 e. The Labute approximate surface area is 136 Å². The molecule has 0 bridgehead atoms. The van der Waals surface area contributed by atoms with Gasteiger partial charge in [-0.2, -0.15) is 0 Å². The molecule has 0 aromatic carbocycles. The third-order valence-electron chi connectivity index (χ3n) is 3.70. The van der Waals surface area contributed by atoms with E-state index < -0.39 is 0 Å². The van der Waals surface area contributed by atoms with Crippen LogP contribution in [0.5, 0.6) is 0 Å². The molecule has 2 rings (SSSR count). The topological polar surface area (TPSA) is 72.2 Å². The van der Waals surface area contributed by atoms with E-state index in [0.717, 1.165) is 32.8 Å². The third kappa shape index (κ3) is 5.69. The largest absolute Gasteiger partial charge is 0.466 e. The van der Waals surface area contributed by atoms with Gasteiger partial charge in [0.25, 0.3) is 5.91 Å². The highest BCUT2D eigenvalue weighted by Crippen LogP contribution is 2.08. The fraction of sp³-hybridized carbons (Fsp3) is 0.625. The summed E-state index contributed by atoms with van der Waals surface area (Å²) in [5.74, 6) is -0.209. The van der Waals surface area contributed by atoms with Crippen LogP contribution >= 0.6 is 0 Å². The van der Waals surface area contributed by atoms with E-state index in [2.05, 4.69) is 4.90 Å². The van der Waals surface area contributed by atoms with Gasteiger partial charge in [-0.25, -0.2) is 0 Å². The van der Waals surface area contributed by atoms with E-state index in [-0.39, 0.29) is 24.1 Å². The fourth-order valence-corrected chi connectivity index (χ4v) is 2.42. The average Bonchev–Trinajstić information content (AvgIpc) is 3.10. The first-order valence-electron chi connectivity index (χ1n) is 7.99. The van der Waals surface area contributed by atoms with Gasteiger partial charge in [0.2, 0.25) is 0 Å². The molecule has 0 aliphatic carbocycles. The highest BCUT2D eigenvalue weighted by molar-refractivity contribution is 5.91. The predicted molar refractivity (Wildman–Crippen MR) is 83.1 cm³/mol. The van der Waals surface area contributed by atoms with Gasteiger partial charge in [0, 0.05) is 32.7 Å². The summed E-state index contributed by atoms with van der Waals surface area (Å²) in [5.41, 5.74) is 0. The first-order chi connectivity index (χ1) is 11.2. The second kappa shape index (κ2) is 9.32. The molecule has 1 aromatic rings. The maximum Gasteiger partial charge on any atom is 0.307 e. The minimum Gasteiger partial charge on any atom is -0.466 e. The van der Waals surface area contributed by atoms with E-state index in [1.165, 1.54) is 6.26 Å². The summed E-state index contributed by atoms with van der Waals surface area (Å²) in [6.07, 6.45) is 1.65. The first kappa shape index (κ1) is 17.5. The average molecular weight is 324 g/mol. The molecule has 1 aromatic heterocycles. The first-order valence-corrected chi connectivity index (χ1v) is 7.99. The van der Waals surface area contributed by atoms with Gasteiger partial charge in [-0.1, -0.05) is 0 Å². The van der Waals surface area contributed by atoms with Crippen LogP contribution in [0.1, 0.15) is 23.9 Å². The number of hydrogen-bond acceptors (Lipinski definition) is 6.